The Balaban J connectivity index is 2.49. The molecule has 0 saturated heterocycles. The molecule has 2 rings (SSSR count). The molecule has 0 aromatic heterocycles. The Hall–Kier alpha value is -2.09. The highest BCUT2D eigenvalue weighted by Gasteiger charge is 2.13. The van der Waals surface area contributed by atoms with Gasteiger partial charge < -0.3 is 14.8 Å². The van der Waals surface area contributed by atoms with E-state index in [0.717, 1.165) is 0 Å². The first-order valence-electron chi connectivity index (χ1n) is 5.98. The van der Waals surface area contributed by atoms with Gasteiger partial charge in [-0.25, -0.2) is 0 Å². The molecule has 0 atom stereocenters. The van der Waals surface area contributed by atoms with Crippen molar-refractivity contribution in [3.05, 3.63) is 45.9 Å². The third-order valence-electron chi connectivity index (χ3n) is 2.87. The average Bonchev–Trinajstić information content (AvgIpc) is 2.48. The first-order valence-corrected chi connectivity index (χ1v) is 6.73. The lowest BCUT2D eigenvalue weighted by molar-refractivity contribution is 0.405. The van der Waals surface area contributed by atoms with Gasteiger partial charge in [0.25, 0.3) is 0 Å². The fourth-order valence-corrected chi connectivity index (χ4v) is 2.29. The maximum absolute atomic E-state index is 9.20. The van der Waals surface area contributed by atoms with Gasteiger partial charge in [-0.15, -0.1) is 0 Å². The number of anilines is 2. The predicted octanol–water partition coefficient (Wildman–Crippen LogP) is 4.63. The van der Waals surface area contributed by atoms with E-state index in [9.17, 15) is 5.26 Å². The predicted molar refractivity (Wildman–Crippen MR) is 84.0 cm³/mol. The second kappa shape index (κ2) is 6.57. The van der Waals surface area contributed by atoms with Gasteiger partial charge in [0.2, 0.25) is 0 Å². The second-order valence-corrected chi connectivity index (χ2v) is 4.90. The Kier molecular flexibility index (Phi) is 4.79. The largest absolute Gasteiger partial charge is 0.495 e. The third-order valence-corrected chi connectivity index (χ3v) is 3.48. The SMILES string of the molecule is COc1cc(Nc2cccc(Cl)c2C#N)c(OC)cc1Cl. The van der Waals surface area contributed by atoms with E-state index in [-0.39, 0.29) is 0 Å². The number of methoxy groups -OCH3 is 2. The van der Waals surface area contributed by atoms with Gasteiger partial charge in [0.05, 0.1) is 41.2 Å². The van der Waals surface area contributed by atoms with E-state index < -0.39 is 0 Å². The minimum atomic E-state index is 0.357. The third kappa shape index (κ3) is 3.15. The summed E-state index contributed by atoms with van der Waals surface area (Å²) in [4.78, 5) is 0. The van der Waals surface area contributed by atoms with Crippen LogP contribution in [-0.4, -0.2) is 14.2 Å². The Morgan fingerprint density at radius 3 is 2.33 bits per heavy atom. The molecule has 2 aromatic rings. The number of hydrogen-bond acceptors (Lipinski definition) is 4. The summed E-state index contributed by atoms with van der Waals surface area (Å²) < 4.78 is 10.5. The van der Waals surface area contributed by atoms with E-state index in [0.29, 0.717) is 38.5 Å². The van der Waals surface area contributed by atoms with Crippen molar-refractivity contribution in [2.45, 2.75) is 0 Å². The lowest BCUT2D eigenvalue weighted by Gasteiger charge is -2.15. The van der Waals surface area contributed by atoms with Crippen LogP contribution in [0.1, 0.15) is 5.56 Å². The van der Waals surface area contributed by atoms with E-state index >= 15 is 0 Å². The molecule has 1 N–H and O–H groups in total. The van der Waals surface area contributed by atoms with E-state index in [2.05, 4.69) is 11.4 Å². The number of nitriles is 1. The summed E-state index contributed by atoms with van der Waals surface area (Å²) in [5, 5.41) is 13.1. The number of benzene rings is 2. The Morgan fingerprint density at radius 1 is 1.00 bits per heavy atom. The van der Waals surface area contributed by atoms with Gasteiger partial charge in [0.15, 0.2) is 0 Å². The van der Waals surface area contributed by atoms with Crippen LogP contribution in [0, 0.1) is 11.3 Å². The Labute approximate surface area is 132 Å². The summed E-state index contributed by atoms with van der Waals surface area (Å²) in [6, 6.07) is 10.6. The van der Waals surface area contributed by atoms with Crippen molar-refractivity contribution < 1.29 is 9.47 Å². The molecule has 6 heteroatoms. The molecule has 0 aliphatic carbocycles. The molecule has 21 heavy (non-hydrogen) atoms. The zero-order chi connectivity index (χ0) is 15.4. The summed E-state index contributed by atoms with van der Waals surface area (Å²) >= 11 is 12.1. The molecule has 0 bridgehead atoms. The fraction of sp³-hybridized carbons (Fsp3) is 0.133. The first-order chi connectivity index (χ1) is 10.1. The maximum atomic E-state index is 9.20. The van der Waals surface area contributed by atoms with Crippen LogP contribution >= 0.6 is 23.2 Å². The summed E-state index contributed by atoms with van der Waals surface area (Å²) in [6.45, 7) is 0. The van der Waals surface area contributed by atoms with Gasteiger partial charge >= 0.3 is 0 Å². The number of nitrogens with one attached hydrogen (secondary N) is 1. The highest BCUT2D eigenvalue weighted by atomic mass is 35.5. The molecule has 0 fully saturated rings. The quantitative estimate of drug-likeness (QED) is 0.891. The van der Waals surface area contributed by atoms with E-state index in [1.165, 1.54) is 14.2 Å². The maximum Gasteiger partial charge on any atom is 0.144 e. The van der Waals surface area contributed by atoms with E-state index in [1.54, 1.807) is 30.3 Å². The van der Waals surface area contributed by atoms with E-state index in [1.807, 2.05) is 0 Å². The molecule has 0 spiro atoms. The fourth-order valence-electron chi connectivity index (χ4n) is 1.85. The van der Waals surface area contributed by atoms with Crippen LogP contribution in [0.3, 0.4) is 0 Å². The van der Waals surface area contributed by atoms with Crippen molar-refractivity contribution in [2.24, 2.45) is 0 Å². The summed E-state index contributed by atoms with van der Waals surface area (Å²) in [5.41, 5.74) is 1.56. The lowest BCUT2D eigenvalue weighted by atomic mass is 10.1. The van der Waals surface area contributed by atoms with Crippen molar-refractivity contribution in [3.63, 3.8) is 0 Å². The highest BCUT2D eigenvalue weighted by molar-refractivity contribution is 6.32. The zero-order valence-electron chi connectivity index (χ0n) is 11.4. The minimum absolute atomic E-state index is 0.357. The molecule has 0 heterocycles. The normalized spacial score (nSPS) is 9.86. The first kappa shape index (κ1) is 15.3. The molecule has 0 amide bonds. The zero-order valence-corrected chi connectivity index (χ0v) is 12.9. The molecule has 4 nitrogen and oxygen atoms in total. The van der Waals surface area contributed by atoms with Crippen LogP contribution < -0.4 is 14.8 Å². The molecule has 0 saturated carbocycles. The number of halogens is 2. The molecule has 108 valence electrons. The summed E-state index contributed by atoms with van der Waals surface area (Å²) in [7, 11) is 3.06. The standard InChI is InChI=1S/C15H12Cl2N2O2/c1-20-14-7-13(15(21-2)6-11(14)17)19-12-5-3-4-10(16)9(12)8-18/h3-7,19H,1-2H3. The van der Waals surface area contributed by atoms with Crippen LogP contribution in [0.2, 0.25) is 10.0 Å². The van der Waals surface area contributed by atoms with Crippen molar-refractivity contribution in [1.82, 2.24) is 0 Å². The number of ether oxygens (including phenoxy) is 2. The molecule has 0 unspecified atom stereocenters. The molecular weight excluding hydrogens is 311 g/mol. The van der Waals surface area contributed by atoms with E-state index in [4.69, 9.17) is 32.7 Å². The molecule has 0 radical (unpaired) electrons. The van der Waals surface area contributed by atoms with Gasteiger partial charge in [-0.2, -0.15) is 5.26 Å². The molecule has 0 aliphatic rings. The lowest BCUT2D eigenvalue weighted by Crippen LogP contribution is -1.98. The topological polar surface area (TPSA) is 54.3 Å². The summed E-state index contributed by atoms with van der Waals surface area (Å²) in [5.74, 6) is 1.03. The number of nitrogens with zero attached hydrogens (tertiary/aromatic N) is 1. The van der Waals surface area contributed by atoms with Crippen LogP contribution in [0.15, 0.2) is 30.3 Å². The molecule has 2 aromatic carbocycles. The smallest absolute Gasteiger partial charge is 0.144 e. The van der Waals surface area contributed by atoms with Gasteiger partial charge in [-0.1, -0.05) is 29.3 Å². The Morgan fingerprint density at radius 2 is 1.71 bits per heavy atom. The van der Waals surface area contributed by atoms with Gasteiger partial charge in [0, 0.05) is 12.1 Å². The van der Waals surface area contributed by atoms with Crippen molar-refractivity contribution >= 4 is 34.6 Å². The monoisotopic (exact) mass is 322 g/mol. The van der Waals surface area contributed by atoms with Crippen LogP contribution in [0.5, 0.6) is 11.5 Å². The van der Waals surface area contributed by atoms with Crippen LogP contribution in [-0.2, 0) is 0 Å². The van der Waals surface area contributed by atoms with Crippen molar-refractivity contribution in [2.75, 3.05) is 19.5 Å². The van der Waals surface area contributed by atoms with Gasteiger partial charge in [0.1, 0.15) is 17.6 Å². The second-order valence-electron chi connectivity index (χ2n) is 4.09. The van der Waals surface area contributed by atoms with Crippen molar-refractivity contribution in [1.29, 1.82) is 5.26 Å². The molecule has 0 aliphatic heterocycles. The van der Waals surface area contributed by atoms with Crippen LogP contribution in [0.25, 0.3) is 0 Å². The molecular formula is C15H12Cl2N2O2. The van der Waals surface area contributed by atoms with Gasteiger partial charge in [-0.3, -0.25) is 0 Å². The average molecular weight is 323 g/mol. The van der Waals surface area contributed by atoms with Crippen LogP contribution in [0.4, 0.5) is 11.4 Å². The summed E-state index contributed by atoms with van der Waals surface area (Å²) in [6.07, 6.45) is 0. The minimum Gasteiger partial charge on any atom is -0.495 e. The van der Waals surface area contributed by atoms with Crippen molar-refractivity contribution in [3.8, 4) is 17.6 Å². The van der Waals surface area contributed by atoms with Gasteiger partial charge in [-0.05, 0) is 12.1 Å². The Bertz CT molecular complexity index is 712. The number of rotatable bonds is 4. The highest BCUT2D eigenvalue weighted by Crippen LogP contribution is 2.38. The number of hydrogen-bond donors (Lipinski definition) is 1.